The minimum absolute atomic E-state index is 0.0484. The lowest BCUT2D eigenvalue weighted by Crippen LogP contribution is -2.44. The van der Waals surface area contributed by atoms with Crippen molar-refractivity contribution in [2.45, 2.75) is 18.7 Å². The van der Waals surface area contributed by atoms with E-state index in [9.17, 15) is 23.1 Å². The highest BCUT2D eigenvalue weighted by Gasteiger charge is 2.60. The summed E-state index contributed by atoms with van der Waals surface area (Å²) in [5.41, 5.74) is -4.26. The molecule has 2 heterocycles. The summed E-state index contributed by atoms with van der Waals surface area (Å²) in [6, 6.07) is 11.1. The predicted molar refractivity (Wildman–Crippen MR) is 101 cm³/mol. The second-order valence-corrected chi connectivity index (χ2v) is 6.72. The number of aliphatic hydroxyl groups is 1. The zero-order valence-corrected chi connectivity index (χ0v) is 15.4. The van der Waals surface area contributed by atoms with Gasteiger partial charge in [0.2, 0.25) is 5.60 Å². The number of rotatable bonds is 3. The minimum atomic E-state index is -5.17. The van der Waals surface area contributed by atoms with Crippen LogP contribution in [0.25, 0.3) is 21.9 Å². The Hall–Kier alpha value is -3.26. The lowest BCUT2D eigenvalue weighted by atomic mass is 9.87. The Kier molecular flexibility index (Phi) is 4.20. The Balaban J connectivity index is 2.10. The number of H-pyrrole nitrogens is 1. The highest BCUT2D eigenvalue weighted by molar-refractivity contribution is 5.87. The number of alkyl halides is 3. The van der Waals surface area contributed by atoms with Crippen LogP contribution in [0.3, 0.4) is 0 Å². The largest absolute Gasteiger partial charge is 0.497 e. The molecule has 0 saturated heterocycles. The molecule has 150 valence electrons. The van der Waals surface area contributed by atoms with Crippen molar-refractivity contribution in [2.24, 2.45) is 0 Å². The third-order valence-electron chi connectivity index (χ3n) is 4.96. The van der Waals surface area contributed by atoms with Crippen LogP contribution in [-0.2, 0) is 5.60 Å². The standard InChI is InChI=1S/C21H16F3NO4/c1-11-19(14-9-12(28-2)7-8-15(14)25-11)20(27,21(22,23)24)18-10-16(26)13-5-3-4-6-17(13)29-18/h3-10,25,27H,1-2H3. The van der Waals surface area contributed by atoms with Crippen LogP contribution in [0.15, 0.2) is 57.7 Å². The zero-order valence-electron chi connectivity index (χ0n) is 15.4. The van der Waals surface area contributed by atoms with E-state index in [0.717, 1.165) is 0 Å². The monoisotopic (exact) mass is 403 g/mol. The number of aromatic nitrogens is 1. The van der Waals surface area contributed by atoms with Gasteiger partial charge in [0.25, 0.3) is 0 Å². The predicted octanol–water partition coefficient (Wildman–Crippen LogP) is 4.39. The molecular weight excluding hydrogens is 387 g/mol. The van der Waals surface area contributed by atoms with Crippen LogP contribution in [0.5, 0.6) is 5.75 Å². The summed E-state index contributed by atoms with van der Waals surface area (Å²) in [6.45, 7) is 1.41. The third-order valence-corrected chi connectivity index (χ3v) is 4.96. The first-order chi connectivity index (χ1) is 13.7. The molecule has 0 amide bonds. The van der Waals surface area contributed by atoms with Crippen LogP contribution in [0.1, 0.15) is 17.0 Å². The molecule has 0 saturated carbocycles. The fraction of sp³-hybridized carbons (Fsp3) is 0.190. The van der Waals surface area contributed by atoms with Gasteiger partial charge in [-0.2, -0.15) is 13.2 Å². The van der Waals surface area contributed by atoms with E-state index < -0.39 is 28.5 Å². The van der Waals surface area contributed by atoms with Gasteiger partial charge in [-0.1, -0.05) is 12.1 Å². The van der Waals surface area contributed by atoms with Gasteiger partial charge in [0.15, 0.2) is 11.2 Å². The van der Waals surface area contributed by atoms with E-state index in [4.69, 9.17) is 9.15 Å². The Labute approximate surface area is 162 Å². The van der Waals surface area contributed by atoms with E-state index in [-0.39, 0.29) is 22.0 Å². The van der Waals surface area contributed by atoms with Gasteiger partial charge in [-0.05, 0) is 37.3 Å². The summed E-state index contributed by atoms with van der Waals surface area (Å²) in [4.78, 5) is 15.3. The van der Waals surface area contributed by atoms with Crippen LogP contribution < -0.4 is 10.2 Å². The first-order valence-electron chi connectivity index (χ1n) is 8.66. The molecule has 2 N–H and O–H groups in total. The van der Waals surface area contributed by atoms with Crippen LogP contribution >= 0.6 is 0 Å². The van der Waals surface area contributed by atoms with Gasteiger partial charge in [0.05, 0.1) is 12.5 Å². The van der Waals surface area contributed by atoms with Crippen molar-refractivity contribution in [1.29, 1.82) is 0 Å². The van der Waals surface area contributed by atoms with Crippen molar-refractivity contribution >= 4 is 21.9 Å². The number of methoxy groups -OCH3 is 1. The molecule has 0 aliphatic carbocycles. The van der Waals surface area contributed by atoms with Crippen LogP contribution in [0, 0.1) is 6.92 Å². The molecule has 2 aromatic heterocycles. The van der Waals surface area contributed by atoms with Gasteiger partial charge in [0, 0.05) is 28.2 Å². The average Bonchev–Trinajstić information content (AvgIpc) is 3.01. The molecule has 29 heavy (non-hydrogen) atoms. The Morgan fingerprint density at radius 3 is 2.48 bits per heavy atom. The quantitative estimate of drug-likeness (QED) is 0.532. The first-order valence-corrected chi connectivity index (χ1v) is 8.66. The molecule has 0 spiro atoms. The smallest absolute Gasteiger partial charge is 0.429 e. The summed E-state index contributed by atoms with van der Waals surface area (Å²) < 4.78 is 53.5. The van der Waals surface area contributed by atoms with Gasteiger partial charge in [-0.25, -0.2) is 0 Å². The van der Waals surface area contributed by atoms with Gasteiger partial charge >= 0.3 is 6.18 Å². The number of fused-ring (bicyclic) bond motifs is 2. The highest BCUT2D eigenvalue weighted by atomic mass is 19.4. The van der Waals surface area contributed by atoms with Crippen LogP contribution in [0.4, 0.5) is 13.2 Å². The molecular formula is C21H16F3NO4. The molecule has 0 radical (unpaired) electrons. The van der Waals surface area contributed by atoms with Crippen molar-refractivity contribution in [3.63, 3.8) is 0 Å². The fourth-order valence-corrected chi connectivity index (χ4v) is 3.59. The maximum atomic E-state index is 14.3. The summed E-state index contributed by atoms with van der Waals surface area (Å²) in [6.07, 6.45) is -5.17. The van der Waals surface area contributed by atoms with Crippen molar-refractivity contribution < 1.29 is 27.4 Å². The maximum Gasteiger partial charge on any atom is 0.429 e. The Morgan fingerprint density at radius 2 is 1.79 bits per heavy atom. The average molecular weight is 403 g/mol. The van der Waals surface area contributed by atoms with Crippen molar-refractivity contribution in [3.05, 3.63) is 75.8 Å². The van der Waals surface area contributed by atoms with E-state index in [0.29, 0.717) is 17.3 Å². The second-order valence-electron chi connectivity index (χ2n) is 6.72. The topological polar surface area (TPSA) is 75.5 Å². The number of benzene rings is 2. The SMILES string of the molecule is COc1ccc2[nH]c(C)c(C(O)(c3cc(=O)c4ccccc4o3)C(F)(F)F)c2c1. The van der Waals surface area contributed by atoms with E-state index in [1.165, 1.54) is 38.3 Å². The molecule has 2 aromatic carbocycles. The lowest BCUT2D eigenvalue weighted by Gasteiger charge is -2.30. The number of nitrogens with one attached hydrogen (secondary N) is 1. The first kappa shape index (κ1) is 19.1. The molecule has 4 aromatic rings. The number of para-hydroxylation sites is 1. The zero-order chi connectivity index (χ0) is 21.0. The number of ether oxygens (including phenoxy) is 1. The van der Waals surface area contributed by atoms with Crippen LogP contribution in [0.2, 0.25) is 0 Å². The molecule has 5 nitrogen and oxygen atoms in total. The third kappa shape index (κ3) is 2.79. The second kappa shape index (κ2) is 6.38. The Bertz CT molecular complexity index is 1290. The molecule has 1 atom stereocenters. The maximum absolute atomic E-state index is 14.3. The van der Waals surface area contributed by atoms with Gasteiger partial charge < -0.3 is 19.2 Å². The number of hydrogen-bond donors (Lipinski definition) is 2. The molecule has 0 aliphatic rings. The van der Waals surface area contributed by atoms with E-state index >= 15 is 0 Å². The van der Waals surface area contributed by atoms with Crippen molar-refractivity contribution in [1.82, 2.24) is 4.98 Å². The molecule has 1 unspecified atom stereocenters. The van der Waals surface area contributed by atoms with Gasteiger partial charge in [0.1, 0.15) is 11.3 Å². The molecule has 0 bridgehead atoms. The summed E-state index contributed by atoms with van der Waals surface area (Å²) >= 11 is 0. The molecule has 8 heteroatoms. The van der Waals surface area contributed by atoms with Gasteiger partial charge in [-0.3, -0.25) is 4.79 Å². The van der Waals surface area contributed by atoms with Crippen molar-refractivity contribution in [2.75, 3.05) is 7.11 Å². The van der Waals surface area contributed by atoms with E-state index in [2.05, 4.69) is 4.98 Å². The number of aryl methyl sites for hydroxylation is 1. The number of hydrogen-bond acceptors (Lipinski definition) is 4. The number of halogens is 3. The summed E-state index contributed by atoms with van der Waals surface area (Å²) in [7, 11) is 1.39. The molecule has 0 fully saturated rings. The lowest BCUT2D eigenvalue weighted by molar-refractivity contribution is -0.253. The minimum Gasteiger partial charge on any atom is -0.497 e. The number of aromatic amines is 1. The van der Waals surface area contributed by atoms with E-state index in [1.807, 2.05) is 0 Å². The summed E-state index contributed by atoms with van der Waals surface area (Å²) in [5.74, 6) is -0.581. The van der Waals surface area contributed by atoms with Gasteiger partial charge in [-0.15, -0.1) is 0 Å². The molecule has 0 aliphatic heterocycles. The highest BCUT2D eigenvalue weighted by Crippen LogP contribution is 2.48. The van der Waals surface area contributed by atoms with Crippen molar-refractivity contribution in [3.8, 4) is 5.75 Å². The normalized spacial score (nSPS) is 14.3. The summed E-state index contributed by atoms with van der Waals surface area (Å²) in [5, 5.41) is 11.3. The van der Waals surface area contributed by atoms with Crippen LogP contribution in [-0.4, -0.2) is 23.4 Å². The fourth-order valence-electron chi connectivity index (χ4n) is 3.59. The Morgan fingerprint density at radius 1 is 1.07 bits per heavy atom. The van der Waals surface area contributed by atoms with E-state index in [1.54, 1.807) is 18.2 Å². The molecule has 4 rings (SSSR count).